The molecule has 0 aromatic carbocycles. The van der Waals surface area contributed by atoms with Gasteiger partial charge in [0, 0.05) is 12.2 Å². The summed E-state index contributed by atoms with van der Waals surface area (Å²) in [7, 11) is 0. The average Bonchev–Trinajstić information content (AvgIpc) is 2.32. The molecule has 0 saturated heterocycles. The van der Waals surface area contributed by atoms with Crippen LogP contribution in [0.1, 0.15) is 25.7 Å². The lowest BCUT2D eigenvalue weighted by Crippen LogP contribution is -2.03. The van der Waals surface area contributed by atoms with Crippen molar-refractivity contribution in [2.24, 2.45) is 0 Å². The molecule has 5 heteroatoms. The van der Waals surface area contributed by atoms with Crippen molar-refractivity contribution < 1.29 is 19.1 Å². The van der Waals surface area contributed by atoms with Gasteiger partial charge in [0.15, 0.2) is 0 Å². The Kier molecular flexibility index (Phi) is 11.0. The molecule has 0 aliphatic heterocycles. The molecule has 0 saturated carbocycles. The molecule has 0 rings (SSSR count). The summed E-state index contributed by atoms with van der Waals surface area (Å²) in [5.74, 6) is -0.691. The average molecular weight is 352 g/mol. The summed E-state index contributed by atoms with van der Waals surface area (Å²) in [6.45, 7) is 4.16. The van der Waals surface area contributed by atoms with Gasteiger partial charge in [0.2, 0.25) is 0 Å². The summed E-state index contributed by atoms with van der Waals surface area (Å²) in [6, 6.07) is 0. The Bertz CT molecular complexity index is 274. The molecular weight excluding hydrogens is 335 g/mol. The molecule has 0 aliphatic rings. The van der Waals surface area contributed by atoms with Gasteiger partial charge in [-0.05, 0) is 29.8 Å². The Balaban J connectivity index is 3.21. The van der Waals surface area contributed by atoms with Gasteiger partial charge < -0.3 is 9.47 Å². The number of hydrogen-bond donors (Lipinski definition) is 0. The van der Waals surface area contributed by atoms with Gasteiger partial charge in [0.05, 0.1) is 13.2 Å². The normalized spacial score (nSPS) is 10.2. The van der Waals surface area contributed by atoms with Crippen LogP contribution in [-0.2, 0) is 19.1 Å². The van der Waals surface area contributed by atoms with Crippen LogP contribution in [0.3, 0.4) is 0 Å². The molecule has 0 heterocycles. The third kappa shape index (κ3) is 11.4. The first kappa shape index (κ1) is 16.1. The number of halogens is 1. The zero-order valence-electron chi connectivity index (χ0n) is 9.69. The molecule has 0 aliphatic carbocycles. The van der Waals surface area contributed by atoms with Crippen molar-refractivity contribution in [3.63, 3.8) is 0 Å². The predicted molar refractivity (Wildman–Crippen MR) is 73.7 cm³/mol. The third-order valence-electron chi connectivity index (χ3n) is 1.89. The monoisotopic (exact) mass is 352 g/mol. The van der Waals surface area contributed by atoms with Gasteiger partial charge in [-0.25, -0.2) is 9.59 Å². The van der Waals surface area contributed by atoms with E-state index in [9.17, 15) is 9.59 Å². The maximum absolute atomic E-state index is 10.9. The summed E-state index contributed by atoms with van der Waals surface area (Å²) >= 11 is 1.96. The highest BCUT2D eigenvalue weighted by Gasteiger charge is 1.97. The van der Waals surface area contributed by atoms with Crippen LogP contribution in [0.15, 0.2) is 22.8 Å². The molecule has 0 N–H and O–H groups in total. The van der Waals surface area contributed by atoms with E-state index in [-0.39, 0.29) is 11.9 Å². The predicted octanol–water partition coefficient (Wildman–Crippen LogP) is 2.77. The fraction of sp³-hybridized carbons (Fsp3) is 0.500. The number of rotatable bonds is 9. The number of ether oxygens (including phenoxy) is 2. The molecule has 0 amide bonds. The van der Waals surface area contributed by atoms with Crippen molar-refractivity contribution in [1.29, 1.82) is 0 Å². The Hall–Kier alpha value is -0.850. The zero-order valence-corrected chi connectivity index (χ0v) is 11.9. The van der Waals surface area contributed by atoms with E-state index >= 15 is 0 Å². The first-order valence-electron chi connectivity index (χ1n) is 5.43. The molecule has 0 atom stereocenters. The van der Waals surface area contributed by atoms with Crippen LogP contribution in [0, 0.1) is 0 Å². The fourth-order valence-electron chi connectivity index (χ4n) is 1.06. The van der Waals surface area contributed by atoms with Gasteiger partial charge in [-0.15, -0.1) is 0 Å². The van der Waals surface area contributed by atoms with Crippen molar-refractivity contribution in [2.75, 3.05) is 13.2 Å². The van der Waals surface area contributed by atoms with Crippen LogP contribution < -0.4 is 0 Å². The molecule has 0 aromatic heterocycles. The SMILES string of the molecule is C=CC(=O)OCCCCCCOC(=O)/C=C/I. The Morgan fingerprint density at radius 3 is 2.00 bits per heavy atom. The smallest absolute Gasteiger partial charge is 0.331 e. The van der Waals surface area contributed by atoms with Gasteiger partial charge in [0.1, 0.15) is 0 Å². The van der Waals surface area contributed by atoms with Gasteiger partial charge in [-0.1, -0.05) is 29.2 Å². The van der Waals surface area contributed by atoms with Crippen LogP contribution in [0.4, 0.5) is 0 Å². The minimum Gasteiger partial charge on any atom is -0.463 e. The third-order valence-corrected chi connectivity index (χ3v) is 2.25. The molecule has 0 aromatic rings. The summed E-state index contributed by atoms with van der Waals surface area (Å²) < 4.78 is 11.4. The summed E-state index contributed by atoms with van der Waals surface area (Å²) in [6.07, 6.45) is 6.09. The highest BCUT2D eigenvalue weighted by molar-refractivity contribution is 14.1. The lowest BCUT2D eigenvalue weighted by molar-refractivity contribution is -0.139. The molecule has 0 unspecified atom stereocenters. The standard InChI is InChI=1S/C12H17IO4/c1-2-11(14)16-9-5-3-4-6-10-17-12(15)7-8-13/h2,7-8H,1,3-6,9-10H2/b8-7+. The van der Waals surface area contributed by atoms with Gasteiger partial charge in [-0.2, -0.15) is 0 Å². The van der Waals surface area contributed by atoms with E-state index in [0.29, 0.717) is 13.2 Å². The molecule has 0 fully saturated rings. The van der Waals surface area contributed by atoms with Crippen LogP contribution in [0.25, 0.3) is 0 Å². The topological polar surface area (TPSA) is 52.6 Å². The van der Waals surface area contributed by atoms with Crippen molar-refractivity contribution >= 4 is 34.5 Å². The van der Waals surface area contributed by atoms with Gasteiger partial charge >= 0.3 is 11.9 Å². The first-order valence-corrected chi connectivity index (χ1v) is 6.68. The van der Waals surface area contributed by atoms with E-state index < -0.39 is 0 Å². The molecule has 4 nitrogen and oxygen atoms in total. The molecular formula is C12H17IO4. The summed E-state index contributed by atoms with van der Waals surface area (Å²) in [5, 5.41) is 0. The quantitative estimate of drug-likeness (QED) is 0.277. The second kappa shape index (κ2) is 11.6. The van der Waals surface area contributed by atoms with E-state index in [4.69, 9.17) is 9.47 Å². The fourth-order valence-corrected chi connectivity index (χ4v) is 1.36. The van der Waals surface area contributed by atoms with E-state index in [0.717, 1.165) is 31.8 Å². The van der Waals surface area contributed by atoms with Crippen LogP contribution >= 0.6 is 22.6 Å². The molecule has 0 radical (unpaired) electrons. The first-order chi connectivity index (χ1) is 8.20. The lowest BCUT2D eigenvalue weighted by Gasteiger charge is -2.03. The Morgan fingerprint density at radius 1 is 1.00 bits per heavy atom. The van der Waals surface area contributed by atoms with Crippen molar-refractivity contribution in [2.45, 2.75) is 25.7 Å². The molecule has 96 valence electrons. The lowest BCUT2D eigenvalue weighted by atomic mass is 10.2. The number of carbonyl (C=O) groups is 2. The van der Waals surface area contributed by atoms with Crippen LogP contribution in [0.2, 0.25) is 0 Å². The minimum absolute atomic E-state index is 0.306. The number of hydrogen-bond acceptors (Lipinski definition) is 4. The van der Waals surface area contributed by atoms with Gasteiger partial charge in [0.25, 0.3) is 0 Å². The molecule has 17 heavy (non-hydrogen) atoms. The Morgan fingerprint density at radius 2 is 1.53 bits per heavy atom. The molecule has 0 bridgehead atoms. The summed E-state index contributed by atoms with van der Waals surface area (Å²) in [5.41, 5.74) is 0. The van der Waals surface area contributed by atoms with Crippen LogP contribution in [-0.4, -0.2) is 25.2 Å². The molecule has 0 spiro atoms. The second-order valence-electron chi connectivity index (χ2n) is 3.25. The zero-order chi connectivity index (χ0) is 12.9. The number of carbonyl (C=O) groups excluding carboxylic acids is 2. The highest BCUT2D eigenvalue weighted by Crippen LogP contribution is 2.01. The van der Waals surface area contributed by atoms with E-state index in [2.05, 4.69) is 6.58 Å². The number of esters is 2. The van der Waals surface area contributed by atoms with Gasteiger partial charge in [-0.3, -0.25) is 0 Å². The van der Waals surface area contributed by atoms with Crippen molar-refractivity contribution in [1.82, 2.24) is 0 Å². The Labute approximate surface area is 115 Å². The van der Waals surface area contributed by atoms with Crippen molar-refractivity contribution in [3.05, 3.63) is 22.8 Å². The second-order valence-corrected chi connectivity index (χ2v) is 3.97. The minimum atomic E-state index is -0.385. The van der Waals surface area contributed by atoms with E-state index in [1.54, 1.807) is 4.08 Å². The number of unbranched alkanes of at least 4 members (excludes halogenated alkanes) is 3. The van der Waals surface area contributed by atoms with E-state index in [1.165, 1.54) is 6.08 Å². The van der Waals surface area contributed by atoms with Crippen molar-refractivity contribution in [3.8, 4) is 0 Å². The van der Waals surface area contributed by atoms with E-state index in [1.807, 2.05) is 22.6 Å². The summed E-state index contributed by atoms with van der Waals surface area (Å²) in [4.78, 5) is 21.6. The van der Waals surface area contributed by atoms with Crippen LogP contribution in [0.5, 0.6) is 0 Å². The maximum Gasteiger partial charge on any atom is 0.331 e. The largest absolute Gasteiger partial charge is 0.463 e. The maximum atomic E-state index is 10.9. The highest BCUT2D eigenvalue weighted by atomic mass is 127.